The van der Waals surface area contributed by atoms with Crippen LogP contribution in [0.3, 0.4) is 0 Å². The van der Waals surface area contributed by atoms with E-state index >= 15 is 0 Å². The summed E-state index contributed by atoms with van der Waals surface area (Å²) in [6.07, 6.45) is 2.07. The Morgan fingerprint density at radius 3 is 2.36 bits per heavy atom. The molecule has 1 N–H and O–H groups in total. The minimum atomic E-state index is -3.46. The lowest BCUT2D eigenvalue weighted by Crippen LogP contribution is -2.22. The Kier molecular flexibility index (Phi) is 5.26. The van der Waals surface area contributed by atoms with E-state index in [0.29, 0.717) is 12.2 Å². The summed E-state index contributed by atoms with van der Waals surface area (Å²) in [5, 5.41) is 0. The molecule has 0 atom stereocenters. The normalized spacial score (nSPS) is 15.9. The van der Waals surface area contributed by atoms with Gasteiger partial charge < -0.3 is 9.47 Å². The molecule has 1 aliphatic heterocycles. The number of rotatable bonds is 7. The van der Waals surface area contributed by atoms with Crippen molar-refractivity contribution in [3.05, 3.63) is 77.4 Å². The summed E-state index contributed by atoms with van der Waals surface area (Å²) in [4.78, 5) is 13.5. The van der Waals surface area contributed by atoms with Crippen LogP contribution >= 0.6 is 0 Å². The van der Waals surface area contributed by atoms with Gasteiger partial charge >= 0.3 is 0 Å². The van der Waals surface area contributed by atoms with Gasteiger partial charge in [-0.3, -0.25) is 4.79 Å². The summed E-state index contributed by atoms with van der Waals surface area (Å²) in [7, 11) is -2.07. The number of hydrogen-bond donors (Lipinski definition) is 1. The molecule has 2 aliphatic rings. The van der Waals surface area contributed by atoms with Crippen molar-refractivity contribution >= 4 is 15.8 Å². The molecule has 1 fully saturated rings. The van der Waals surface area contributed by atoms with Crippen LogP contribution in [0.25, 0.3) is 11.1 Å². The lowest BCUT2D eigenvalue weighted by atomic mass is 9.87. The third kappa shape index (κ3) is 3.92. The van der Waals surface area contributed by atoms with Gasteiger partial charge in [-0.15, -0.1) is 0 Å². The van der Waals surface area contributed by atoms with Gasteiger partial charge in [-0.05, 0) is 78.9 Å². The Balaban J connectivity index is 1.34. The second-order valence-corrected chi connectivity index (χ2v) is 10.5. The van der Waals surface area contributed by atoms with Crippen molar-refractivity contribution < 1.29 is 22.7 Å². The van der Waals surface area contributed by atoms with E-state index in [-0.39, 0.29) is 17.5 Å². The fraction of sp³-hybridized carbons (Fsp3) is 0.269. The van der Waals surface area contributed by atoms with E-state index in [9.17, 15) is 13.2 Å². The average molecular weight is 464 g/mol. The van der Waals surface area contributed by atoms with E-state index in [4.69, 9.17) is 9.47 Å². The van der Waals surface area contributed by atoms with Gasteiger partial charge in [-0.1, -0.05) is 36.4 Å². The van der Waals surface area contributed by atoms with Gasteiger partial charge in [0.05, 0.1) is 10.3 Å². The van der Waals surface area contributed by atoms with Crippen LogP contribution in [-0.2, 0) is 26.7 Å². The molecule has 1 heterocycles. The highest BCUT2D eigenvalue weighted by Gasteiger charge is 2.50. The first-order valence-corrected chi connectivity index (χ1v) is 12.4. The number of Topliss-reactive ketones (excluding diaryl/α,β-unsaturated/α-hetero) is 1. The van der Waals surface area contributed by atoms with Crippen LogP contribution in [0, 0.1) is 6.92 Å². The molecule has 0 bridgehead atoms. The van der Waals surface area contributed by atoms with Crippen molar-refractivity contribution in [2.75, 3.05) is 13.8 Å². The van der Waals surface area contributed by atoms with Gasteiger partial charge in [0.25, 0.3) is 0 Å². The van der Waals surface area contributed by atoms with E-state index in [2.05, 4.69) is 4.72 Å². The first-order valence-electron chi connectivity index (χ1n) is 10.9. The van der Waals surface area contributed by atoms with Gasteiger partial charge in [-0.25, -0.2) is 13.1 Å². The minimum absolute atomic E-state index is 0.218. The number of aryl methyl sites for hydroxylation is 1. The first-order chi connectivity index (χ1) is 15.8. The summed E-state index contributed by atoms with van der Waals surface area (Å²) in [6.45, 7) is 2.23. The molecular weight excluding hydrogens is 438 g/mol. The summed E-state index contributed by atoms with van der Waals surface area (Å²) in [5.74, 6) is 1.65. The van der Waals surface area contributed by atoms with Gasteiger partial charge in [0.2, 0.25) is 16.8 Å². The van der Waals surface area contributed by atoms with E-state index in [0.717, 1.165) is 46.4 Å². The average Bonchev–Trinajstić information content (AvgIpc) is 3.50. The second-order valence-electron chi connectivity index (χ2n) is 8.63. The SMILES string of the molecule is CNS(=O)(=O)c1ccc(-c2ccc(CC(=O)C3(c4ccc5c(c4)OCO5)CC3)cc2C)cc1. The number of benzene rings is 3. The summed E-state index contributed by atoms with van der Waals surface area (Å²) >= 11 is 0. The largest absolute Gasteiger partial charge is 0.454 e. The number of nitrogens with one attached hydrogen (secondary N) is 1. The molecule has 0 amide bonds. The van der Waals surface area contributed by atoms with Crippen LogP contribution in [0.2, 0.25) is 0 Å². The Morgan fingerprint density at radius 1 is 0.970 bits per heavy atom. The minimum Gasteiger partial charge on any atom is -0.454 e. The van der Waals surface area contributed by atoms with Crippen LogP contribution in [0.4, 0.5) is 0 Å². The Labute approximate surface area is 193 Å². The molecule has 1 saturated carbocycles. The van der Waals surface area contributed by atoms with E-state index in [1.54, 1.807) is 24.3 Å². The van der Waals surface area contributed by atoms with Crippen LogP contribution in [0.15, 0.2) is 65.6 Å². The maximum atomic E-state index is 13.3. The topological polar surface area (TPSA) is 81.7 Å². The van der Waals surface area contributed by atoms with Gasteiger partial charge in [0, 0.05) is 6.42 Å². The molecular formula is C26H25NO5S. The molecule has 33 heavy (non-hydrogen) atoms. The number of ether oxygens (including phenoxy) is 2. The molecule has 0 aromatic heterocycles. The van der Waals surface area contributed by atoms with Gasteiger partial charge in [-0.2, -0.15) is 0 Å². The highest BCUT2D eigenvalue weighted by Crippen LogP contribution is 2.51. The molecule has 7 heteroatoms. The van der Waals surface area contributed by atoms with E-state index in [1.165, 1.54) is 7.05 Å². The molecule has 3 aromatic carbocycles. The molecule has 0 spiro atoms. The molecule has 0 radical (unpaired) electrons. The number of ketones is 1. The predicted octanol–water partition coefficient (Wildman–Crippen LogP) is 4.14. The third-order valence-corrected chi connectivity index (χ3v) is 8.04. The maximum absolute atomic E-state index is 13.3. The predicted molar refractivity (Wildman–Crippen MR) is 125 cm³/mol. The first kappa shape index (κ1) is 21.7. The molecule has 170 valence electrons. The zero-order valence-electron chi connectivity index (χ0n) is 18.6. The fourth-order valence-electron chi connectivity index (χ4n) is 4.49. The van der Waals surface area contributed by atoms with Crippen molar-refractivity contribution in [2.45, 2.75) is 36.5 Å². The summed E-state index contributed by atoms with van der Waals surface area (Å²) < 4.78 is 37.1. The molecule has 5 rings (SSSR count). The van der Waals surface area contributed by atoms with Crippen LogP contribution in [-0.4, -0.2) is 28.0 Å². The van der Waals surface area contributed by atoms with E-state index in [1.807, 2.05) is 43.3 Å². The van der Waals surface area contributed by atoms with Gasteiger partial charge in [0.1, 0.15) is 5.78 Å². The quantitative estimate of drug-likeness (QED) is 0.570. The van der Waals surface area contributed by atoms with Crippen LogP contribution in [0.5, 0.6) is 11.5 Å². The smallest absolute Gasteiger partial charge is 0.240 e. The monoisotopic (exact) mass is 463 g/mol. The Hall–Kier alpha value is -3.16. The van der Waals surface area contributed by atoms with Crippen molar-refractivity contribution in [2.24, 2.45) is 0 Å². The Morgan fingerprint density at radius 2 is 1.70 bits per heavy atom. The third-order valence-electron chi connectivity index (χ3n) is 6.61. The standard InChI is InChI=1S/C26H25NO5S/c1-17-13-18(3-9-22(17)19-4-7-21(8-5-19)33(29,30)27-2)14-25(28)26(11-12-26)20-6-10-23-24(15-20)32-16-31-23/h3-10,13,15,27H,11-12,14,16H2,1-2H3. The number of hydrogen-bond acceptors (Lipinski definition) is 5. The van der Waals surface area contributed by atoms with Crippen molar-refractivity contribution in [1.82, 2.24) is 4.72 Å². The molecule has 1 aliphatic carbocycles. The number of fused-ring (bicyclic) bond motifs is 1. The molecule has 0 saturated heterocycles. The second kappa shape index (κ2) is 8.01. The fourth-order valence-corrected chi connectivity index (χ4v) is 5.22. The lowest BCUT2D eigenvalue weighted by Gasteiger charge is -2.16. The number of sulfonamides is 1. The maximum Gasteiger partial charge on any atom is 0.240 e. The lowest BCUT2D eigenvalue weighted by molar-refractivity contribution is -0.120. The Bertz CT molecular complexity index is 1340. The summed E-state index contributed by atoms with van der Waals surface area (Å²) in [5.41, 5.74) is 4.53. The number of carbonyl (C=O) groups excluding carboxylic acids is 1. The van der Waals surface area contributed by atoms with Crippen molar-refractivity contribution in [3.63, 3.8) is 0 Å². The molecule has 0 unspecified atom stereocenters. The molecule has 6 nitrogen and oxygen atoms in total. The van der Waals surface area contributed by atoms with Gasteiger partial charge in [0.15, 0.2) is 11.5 Å². The zero-order chi connectivity index (χ0) is 23.2. The van der Waals surface area contributed by atoms with E-state index < -0.39 is 15.4 Å². The molecule has 3 aromatic rings. The summed E-state index contributed by atoms with van der Waals surface area (Å²) in [6, 6.07) is 18.6. The highest BCUT2D eigenvalue weighted by molar-refractivity contribution is 7.89. The number of carbonyl (C=O) groups is 1. The highest BCUT2D eigenvalue weighted by atomic mass is 32.2. The zero-order valence-corrected chi connectivity index (χ0v) is 19.4. The van der Waals surface area contributed by atoms with Crippen LogP contribution < -0.4 is 14.2 Å². The van der Waals surface area contributed by atoms with Crippen molar-refractivity contribution in [3.8, 4) is 22.6 Å². The van der Waals surface area contributed by atoms with Crippen molar-refractivity contribution in [1.29, 1.82) is 0 Å². The van der Waals surface area contributed by atoms with Crippen LogP contribution in [0.1, 0.15) is 29.5 Å².